The van der Waals surface area contributed by atoms with Crippen molar-refractivity contribution in [3.63, 3.8) is 0 Å². The zero-order chi connectivity index (χ0) is 7.49. The zero-order valence-electron chi connectivity index (χ0n) is 6.22. The quantitative estimate of drug-likeness (QED) is 0.327. The van der Waals surface area contributed by atoms with Crippen LogP contribution in [0.2, 0.25) is 5.04 Å². The summed E-state index contributed by atoms with van der Waals surface area (Å²) in [6, 6.07) is -0.123. The molecule has 0 radical (unpaired) electrons. The van der Waals surface area contributed by atoms with Crippen LogP contribution in [0.3, 0.4) is 0 Å². The third kappa shape index (κ3) is 2.09. The van der Waals surface area contributed by atoms with E-state index in [9.17, 15) is 4.91 Å². The summed E-state index contributed by atoms with van der Waals surface area (Å²) in [6.07, 6.45) is 1.81. The van der Waals surface area contributed by atoms with Crippen LogP contribution in [-0.4, -0.2) is 16.3 Å². The largest absolute Gasteiger partial charge is 0.151 e. The highest BCUT2D eigenvalue weighted by atomic mass is 28.1. The van der Waals surface area contributed by atoms with Crippen LogP contribution in [0.5, 0.6) is 0 Å². The smallest absolute Gasteiger partial charge is 0.0945 e. The summed E-state index contributed by atoms with van der Waals surface area (Å²) in [5.74, 6) is 0. The molecular weight excluding hydrogens is 130 g/mol. The fourth-order valence-electron chi connectivity index (χ4n) is 0.306. The van der Waals surface area contributed by atoms with Crippen molar-refractivity contribution in [3.05, 3.63) is 17.6 Å². The van der Waals surface area contributed by atoms with Crippen molar-refractivity contribution >= 4 is 10.2 Å². The Morgan fingerprint density at radius 1 is 1.89 bits per heavy atom. The van der Waals surface area contributed by atoms with Crippen LogP contribution in [0, 0.1) is 4.91 Å². The van der Waals surface area contributed by atoms with Crippen LogP contribution in [0.1, 0.15) is 13.8 Å². The Labute approximate surface area is 58.7 Å². The van der Waals surface area contributed by atoms with E-state index < -0.39 is 0 Å². The maximum Gasteiger partial charge on any atom is 0.0945 e. The molecule has 0 heterocycles. The molecule has 2 unspecified atom stereocenters. The van der Waals surface area contributed by atoms with Crippen LogP contribution >= 0.6 is 0 Å². The van der Waals surface area contributed by atoms with Crippen LogP contribution < -0.4 is 0 Å². The second-order valence-corrected chi connectivity index (χ2v) is 4.96. The van der Waals surface area contributed by atoms with E-state index in [0.29, 0.717) is 0 Å². The summed E-state index contributed by atoms with van der Waals surface area (Å²) in [6.45, 7) is 7.46. The van der Waals surface area contributed by atoms with Gasteiger partial charge < -0.3 is 0 Å². The molecule has 0 N–H and O–H groups in total. The molecule has 0 aliphatic carbocycles. The molecule has 2 nitrogen and oxygen atoms in total. The minimum Gasteiger partial charge on any atom is -0.151 e. The minimum atomic E-state index is -0.123. The van der Waals surface area contributed by atoms with Gasteiger partial charge in [-0.05, 0) is 12.0 Å². The Balaban J connectivity index is 4.11. The van der Waals surface area contributed by atoms with Gasteiger partial charge in [-0.3, -0.25) is 0 Å². The van der Waals surface area contributed by atoms with Crippen LogP contribution in [0.4, 0.5) is 0 Å². The molecule has 0 aromatic carbocycles. The second-order valence-electron chi connectivity index (χ2n) is 2.81. The first kappa shape index (κ1) is 8.56. The molecule has 0 saturated carbocycles. The number of nitroso groups, excluding NO2 is 1. The highest BCUT2D eigenvalue weighted by Gasteiger charge is 2.22. The molecule has 52 valence electrons. The molecule has 0 spiro atoms. The van der Waals surface area contributed by atoms with E-state index in [1.807, 2.05) is 19.9 Å². The third-order valence-corrected chi connectivity index (χ3v) is 3.00. The monoisotopic (exact) mass is 143 g/mol. The Kier molecular flexibility index (Phi) is 2.77. The minimum absolute atomic E-state index is 0.0260. The van der Waals surface area contributed by atoms with E-state index >= 15 is 0 Å². The van der Waals surface area contributed by atoms with E-state index in [4.69, 9.17) is 0 Å². The Bertz CT molecular complexity index is 122. The van der Waals surface area contributed by atoms with Gasteiger partial charge >= 0.3 is 0 Å². The van der Waals surface area contributed by atoms with Gasteiger partial charge in [0.15, 0.2) is 0 Å². The molecule has 0 aromatic heterocycles. The van der Waals surface area contributed by atoms with Gasteiger partial charge in [-0.2, -0.15) is 4.91 Å². The molecule has 3 heteroatoms. The molecule has 0 aliphatic heterocycles. The number of hydrogen-bond acceptors (Lipinski definition) is 2. The SMILES string of the molecule is C=CC(C)([SiH3])C(C)N=O. The van der Waals surface area contributed by atoms with E-state index in [0.717, 1.165) is 10.2 Å². The summed E-state index contributed by atoms with van der Waals surface area (Å²) < 4.78 is 0. The lowest BCUT2D eigenvalue weighted by Gasteiger charge is -2.21. The Morgan fingerprint density at radius 2 is 2.33 bits per heavy atom. The number of nitrogens with zero attached hydrogens (tertiary/aromatic N) is 1. The van der Waals surface area contributed by atoms with Crippen LogP contribution in [0.25, 0.3) is 0 Å². The predicted octanol–water partition coefficient (Wildman–Crippen LogP) is 0.871. The first-order valence-electron chi connectivity index (χ1n) is 3.00. The lowest BCUT2D eigenvalue weighted by molar-refractivity contribution is 0.603. The highest BCUT2D eigenvalue weighted by Crippen LogP contribution is 2.28. The van der Waals surface area contributed by atoms with Gasteiger partial charge in [0.05, 0.1) is 6.04 Å². The first-order chi connectivity index (χ1) is 4.04. The van der Waals surface area contributed by atoms with E-state index in [2.05, 4.69) is 11.8 Å². The van der Waals surface area contributed by atoms with E-state index in [1.165, 1.54) is 0 Å². The molecule has 0 aliphatic rings. The topological polar surface area (TPSA) is 29.4 Å². The normalized spacial score (nSPS) is 20.2. The molecule has 9 heavy (non-hydrogen) atoms. The maximum absolute atomic E-state index is 10.0. The van der Waals surface area contributed by atoms with Crippen molar-refractivity contribution in [1.29, 1.82) is 0 Å². The molecule has 0 bridgehead atoms. The van der Waals surface area contributed by atoms with Gasteiger partial charge in [0, 0.05) is 10.2 Å². The van der Waals surface area contributed by atoms with Crippen LogP contribution in [0.15, 0.2) is 17.8 Å². The van der Waals surface area contributed by atoms with Crippen molar-refractivity contribution in [2.75, 3.05) is 0 Å². The van der Waals surface area contributed by atoms with Gasteiger partial charge in [-0.15, -0.1) is 6.58 Å². The van der Waals surface area contributed by atoms with Crippen LogP contribution in [-0.2, 0) is 0 Å². The molecule has 0 amide bonds. The summed E-state index contributed by atoms with van der Waals surface area (Å²) in [5, 5.41) is 2.92. The first-order valence-corrected chi connectivity index (χ1v) is 4.00. The third-order valence-electron chi connectivity index (χ3n) is 1.76. The summed E-state index contributed by atoms with van der Waals surface area (Å²) in [4.78, 5) is 10.0. The van der Waals surface area contributed by atoms with Crippen molar-refractivity contribution in [2.24, 2.45) is 5.18 Å². The standard InChI is InChI=1S/C6H13NOSi/c1-4-6(3,9)5(2)7-8/h4-5H,1H2,2-3,9H3. The fraction of sp³-hybridized carbons (Fsp3) is 0.667. The van der Waals surface area contributed by atoms with Gasteiger partial charge in [-0.25, -0.2) is 0 Å². The zero-order valence-corrected chi connectivity index (χ0v) is 8.22. The molecule has 0 saturated heterocycles. The maximum atomic E-state index is 10.0. The van der Waals surface area contributed by atoms with Gasteiger partial charge in [0.1, 0.15) is 0 Å². The van der Waals surface area contributed by atoms with Crippen molar-refractivity contribution in [1.82, 2.24) is 0 Å². The lowest BCUT2D eigenvalue weighted by atomic mass is 10.0. The molecule has 0 rings (SSSR count). The highest BCUT2D eigenvalue weighted by molar-refractivity contribution is 6.16. The lowest BCUT2D eigenvalue weighted by Crippen LogP contribution is -2.18. The van der Waals surface area contributed by atoms with Crippen molar-refractivity contribution in [2.45, 2.75) is 24.9 Å². The van der Waals surface area contributed by atoms with Gasteiger partial charge in [0.25, 0.3) is 0 Å². The molecule has 0 aromatic rings. The average molecular weight is 143 g/mol. The fourth-order valence-corrected chi connectivity index (χ4v) is 0.412. The van der Waals surface area contributed by atoms with E-state index in [1.54, 1.807) is 0 Å². The predicted molar refractivity (Wildman–Crippen MR) is 43.8 cm³/mol. The number of rotatable bonds is 3. The van der Waals surface area contributed by atoms with Gasteiger partial charge in [-0.1, -0.05) is 18.2 Å². The second kappa shape index (κ2) is 2.92. The van der Waals surface area contributed by atoms with Crippen molar-refractivity contribution < 1.29 is 0 Å². The molecule has 2 atom stereocenters. The summed E-state index contributed by atoms with van der Waals surface area (Å²) >= 11 is 0. The molecular formula is C6H13NOSi. The average Bonchev–Trinajstić information content (AvgIpc) is 1.86. The van der Waals surface area contributed by atoms with Gasteiger partial charge in [0.2, 0.25) is 0 Å². The van der Waals surface area contributed by atoms with E-state index in [-0.39, 0.29) is 11.1 Å². The molecule has 0 fully saturated rings. The Hall–Kier alpha value is -0.443. The Morgan fingerprint density at radius 3 is 2.44 bits per heavy atom. The summed E-state index contributed by atoms with van der Waals surface area (Å²) in [5.41, 5.74) is 0. The summed E-state index contributed by atoms with van der Waals surface area (Å²) in [7, 11) is 0.931. The number of hydrogen-bond donors (Lipinski definition) is 0. The van der Waals surface area contributed by atoms with Crippen molar-refractivity contribution in [3.8, 4) is 0 Å².